The number of carbonyl (C=O) groups excluding carboxylic acids is 1. The van der Waals surface area contributed by atoms with Gasteiger partial charge in [-0.25, -0.2) is 14.8 Å². The number of pyridine rings is 1. The average molecular weight is 548 g/mol. The van der Waals surface area contributed by atoms with Gasteiger partial charge in [0.1, 0.15) is 6.04 Å². The molecule has 0 aliphatic rings. The largest absolute Gasteiger partial charge is 0.478 e. The highest BCUT2D eigenvalue weighted by atomic mass is 19.4. The van der Waals surface area contributed by atoms with Crippen LogP contribution in [0.3, 0.4) is 0 Å². The van der Waals surface area contributed by atoms with E-state index in [2.05, 4.69) is 9.97 Å². The standard InChI is InChI=1S/C23H26F6N6O3/c1-5-35(21(37)32-17(23(27,28)29)6-7-22(24,25)26)13(2)14-10-15(20(36)33(3)11-14)16-12-34-9-8-30-18(34)19(31-16)38-4/h8-13,17H,5-7H2,1-4H3,(H,32,37). The second kappa shape index (κ2) is 10.9. The molecule has 3 heterocycles. The number of urea groups is 1. The Hall–Kier alpha value is -3.78. The lowest BCUT2D eigenvalue weighted by molar-refractivity contribution is -0.171. The Bertz CT molecular complexity index is 1350. The minimum atomic E-state index is -5.08. The number of methoxy groups -OCH3 is 1. The number of nitrogens with zero attached hydrogens (tertiary/aromatic N) is 5. The molecule has 0 spiro atoms. The molecular formula is C23H26F6N6O3. The van der Waals surface area contributed by atoms with Gasteiger partial charge in [-0.05, 0) is 31.9 Å². The smallest absolute Gasteiger partial charge is 0.408 e. The summed E-state index contributed by atoms with van der Waals surface area (Å²) in [6, 6.07) is -3.29. The molecule has 3 aromatic rings. The van der Waals surface area contributed by atoms with Crippen molar-refractivity contribution in [2.24, 2.45) is 7.05 Å². The summed E-state index contributed by atoms with van der Waals surface area (Å²) in [5.41, 5.74) is 0.701. The summed E-state index contributed by atoms with van der Waals surface area (Å²) in [6.07, 6.45) is -6.84. The van der Waals surface area contributed by atoms with Crippen LogP contribution in [0.2, 0.25) is 0 Å². The molecule has 0 aromatic carbocycles. The molecule has 0 radical (unpaired) electrons. The zero-order valence-electron chi connectivity index (χ0n) is 20.9. The molecule has 0 saturated carbocycles. The van der Waals surface area contributed by atoms with E-state index in [-0.39, 0.29) is 23.7 Å². The Labute approximate surface area is 213 Å². The van der Waals surface area contributed by atoms with Gasteiger partial charge in [0.15, 0.2) is 5.65 Å². The maximum atomic E-state index is 13.4. The number of halogens is 6. The van der Waals surface area contributed by atoms with Crippen LogP contribution in [0.25, 0.3) is 16.9 Å². The van der Waals surface area contributed by atoms with Crippen LogP contribution in [0.15, 0.2) is 35.6 Å². The van der Waals surface area contributed by atoms with E-state index in [1.54, 1.807) is 22.1 Å². The van der Waals surface area contributed by atoms with Gasteiger partial charge in [-0.3, -0.25) is 4.79 Å². The van der Waals surface area contributed by atoms with Crippen molar-refractivity contribution in [1.29, 1.82) is 0 Å². The third-order valence-corrected chi connectivity index (χ3v) is 5.98. The Morgan fingerprint density at radius 2 is 1.89 bits per heavy atom. The van der Waals surface area contributed by atoms with Crippen molar-refractivity contribution in [3.05, 3.63) is 46.8 Å². The summed E-state index contributed by atoms with van der Waals surface area (Å²) in [5, 5.41) is 1.69. The zero-order chi connectivity index (χ0) is 28.4. The third-order valence-electron chi connectivity index (χ3n) is 5.98. The summed E-state index contributed by atoms with van der Waals surface area (Å²) in [4.78, 5) is 35.3. The quantitative estimate of drug-likeness (QED) is 0.420. The lowest BCUT2D eigenvalue weighted by Gasteiger charge is -2.31. The van der Waals surface area contributed by atoms with Gasteiger partial charge in [-0.1, -0.05) is 0 Å². The number of fused-ring (bicyclic) bond motifs is 1. The van der Waals surface area contributed by atoms with Crippen LogP contribution >= 0.6 is 0 Å². The minimum Gasteiger partial charge on any atom is -0.478 e. The Kier molecular flexibility index (Phi) is 8.27. The van der Waals surface area contributed by atoms with Crippen LogP contribution in [0, 0.1) is 0 Å². The Morgan fingerprint density at radius 1 is 1.21 bits per heavy atom. The molecule has 1 N–H and O–H groups in total. The number of carbonyl (C=O) groups is 1. The second-order valence-electron chi connectivity index (χ2n) is 8.56. The molecule has 0 aliphatic carbocycles. The number of alkyl halides is 6. The summed E-state index contributed by atoms with van der Waals surface area (Å²) in [5.74, 6) is 0.152. The molecule has 208 valence electrons. The van der Waals surface area contributed by atoms with Gasteiger partial charge in [0.25, 0.3) is 11.4 Å². The molecule has 9 nitrogen and oxygen atoms in total. The van der Waals surface area contributed by atoms with Gasteiger partial charge in [-0.2, -0.15) is 26.3 Å². The first-order valence-corrected chi connectivity index (χ1v) is 11.5. The van der Waals surface area contributed by atoms with Crippen molar-refractivity contribution >= 4 is 11.7 Å². The Morgan fingerprint density at radius 3 is 2.47 bits per heavy atom. The van der Waals surface area contributed by atoms with Crippen molar-refractivity contribution < 1.29 is 35.9 Å². The molecule has 2 atom stereocenters. The highest BCUT2D eigenvalue weighted by Gasteiger charge is 2.43. The van der Waals surface area contributed by atoms with Gasteiger partial charge in [-0.15, -0.1) is 0 Å². The van der Waals surface area contributed by atoms with E-state index in [0.29, 0.717) is 11.2 Å². The molecule has 3 aromatic heterocycles. The van der Waals surface area contributed by atoms with Crippen molar-refractivity contribution in [2.75, 3.05) is 13.7 Å². The first-order valence-electron chi connectivity index (χ1n) is 11.5. The first-order chi connectivity index (χ1) is 17.7. The minimum absolute atomic E-state index is 0.0674. The summed E-state index contributed by atoms with van der Waals surface area (Å²) in [7, 11) is 2.85. The fourth-order valence-electron chi connectivity index (χ4n) is 3.95. The number of aryl methyl sites for hydroxylation is 1. The van der Waals surface area contributed by atoms with E-state index < -0.39 is 48.9 Å². The molecule has 2 amide bonds. The van der Waals surface area contributed by atoms with Crippen molar-refractivity contribution in [3.8, 4) is 17.1 Å². The number of imidazole rings is 1. The van der Waals surface area contributed by atoms with E-state index in [4.69, 9.17) is 4.74 Å². The molecule has 3 rings (SSSR count). The lowest BCUT2D eigenvalue weighted by atomic mass is 10.1. The highest BCUT2D eigenvalue weighted by molar-refractivity contribution is 5.75. The number of ether oxygens (including phenoxy) is 1. The van der Waals surface area contributed by atoms with Crippen LogP contribution in [0.5, 0.6) is 5.88 Å². The van der Waals surface area contributed by atoms with Crippen LogP contribution in [-0.2, 0) is 7.05 Å². The number of aromatic nitrogens is 4. The van der Waals surface area contributed by atoms with E-state index in [1.165, 1.54) is 51.0 Å². The molecule has 0 saturated heterocycles. The van der Waals surface area contributed by atoms with Crippen LogP contribution in [0.4, 0.5) is 31.1 Å². The maximum absolute atomic E-state index is 13.4. The predicted octanol–water partition coefficient (Wildman–Crippen LogP) is 4.47. The Balaban J connectivity index is 1.94. The van der Waals surface area contributed by atoms with Crippen molar-refractivity contribution in [3.63, 3.8) is 0 Å². The fourth-order valence-corrected chi connectivity index (χ4v) is 3.95. The fraction of sp³-hybridized carbons (Fsp3) is 0.478. The van der Waals surface area contributed by atoms with E-state index in [9.17, 15) is 35.9 Å². The molecule has 15 heteroatoms. The van der Waals surface area contributed by atoms with Gasteiger partial charge < -0.3 is 23.9 Å². The second-order valence-corrected chi connectivity index (χ2v) is 8.56. The summed E-state index contributed by atoms with van der Waals surface area (Å²) < 4.78 is 85.8. The topological polar surface area (TPSA) is 93.8 Å². The van der Waals surface area contributed by atoms with Crippen LogP contribution in [0.1, 0.15) is 38.3 Å². The van der Waals surface area contributed by atoms with E-state index in [0.717, 1.165) is 4.90 Å². The zero-order valence-corrected chi connectivity index (χ0v) is 20.9. The molecule has 2 unspecified atom stereocenters. The average Bonchev–Trinajstić information content (AvgIpc) is 3.30. The predicted molar refractivity (Wildman–Crippen MR) is 125 cm³/mol. The van der Waals surface area contributed by atoms with Crippen molar-refractivity contribution in [2.45, 2.75) is 51.1 Å². The maximum Gasteiger partial charge on any atom is 0.408 e. The van der Waals surface area contributed by atoms with Crippen molar-refractivity contribution in [1.82, 2.24) is 29.2 Å². The van der Waals surface area contributed by atoms with Gasteiger partial charge >= 0.3 is 18.4 Å². The van der Waals surface area contributed by atoms with E-state index in [1.807, 2.05) is 0 Å². The van der Waals surface area contributed by atoms with Gasteiger partial charge in [0, 0.05) is 44.8 Å². The normalized spacial score (nSPS) is 13.8. The molecular weight excluding hydrogens is 522 g/mol. The number of hydrogen-bond donors (Lipinski definition) is 1. The number of amides is 2. The van der Waals surface area contributed by atoms with Crippen LogP contribution < -0.4 is 15.6 Å². The van der Waals surface area contributed by atoms with E-state index >= 15 is 0 Å². The first kappa shape index (κ1) is 28.8. The number of nitrogens with one attached hydrogen (secondary N) is 1. The molecule has 0 aliphatic heterocycles. The SMILES string of the molecule is CCN(C(=O)NC(CCC(F)(F)F)C(F)(F)F)C(C)c1cc(-c2cn3ccnc3c(OC)n2)c(=O)n(C)c1. The molecule has 0 fully saturated rings. The number of hydrogen-bond acceptors (Lipinski definition) is 5. The molecule has 38 heavy (non-hydrogen) atoms. The van der Waals surface area contributed by atoms with Gasteiger partial charge in [0.05, 0.1) is 24.4 Å². The van der Waals surface area contributed by atoms with Gasteiger partial charge in [0.2, 0.25) is 0 Å². The highest BCUT2D eigenvalue weighted by Crippen LogP contribution is 2.30. The van der Waals surface area contributed by atoms with Crippen LogP contribution in [-0.4, -0.2) is 61.9 Å². The lowest BCUT2D eigenvalue weighted by Crippen LogP contribution is -2.51. The monoisotopic (exact) mass is 548 g/mol. The summed E-state index contributed by atoms with van der Waals surface area (Å²) in [6.45, 7) is 2.97. The third kappa shape index (κ3) is 6.37. The number of rotatable bonds is 8. The summed E-state index contributed by atoms with van der Waals surface area (Å²) >= 11 is 0. The molecule has 0 bridgehead atoms.